The average molecular weight is 384 g/mol. The molecule has 3 atom stereocenters. The van der Waals surface area contributed by atoms with Crippen molar-refractivity contribution in [2.45, 2.75) is 64.7 Å². The van der Waals surface area contributed by atoms with Crippen LogP contribution in [0.5, 0.6) is 0 Å². The zero-order valence-electron chi connectivity index (χ0n) is 17.6. The van der Waals surface area contributed by atoms with Gasteiger partial charge in [0.15, 0.2) is 0 Å². The van der Waals surface area contributed by atoms with Crippen molar-refractivity contribution in [1.82, 2.24) is 4.90 Å². The third kappa shape index (κ3) is 4.36. The largest absolute Gasteiger partial charge is 0.379 e. The van der Waals surface area contributed by atoms with Crippen LogP contribution in [0.1, 0.15) is 64.7 Å². The van der Waals surface area contributed by atoms with Crippen LogP contribution in [-0.2, 0) is 9.53 Å². The first-order valence-corrected chi connectivity index (χ1v) is 11.5. The van der Waals surface area contributed by atoms with Crippen molar-refractivity contribution in [3.8, 4) is 0 Å². The summed E-state index contributed by atoms with van der Waals surface area (Å²) < 4.78 is 5.49. The van der Waals surface area contributed by atoms with Crippen LogP contribution in [0.2, 0.25) is 0 Å². The minimum absolute atomic E-state index is 0.260. The third-order valence-electron chi connectivity index (χ3n) is 7.84. The number of carbonyl (C=O) groups excluding carboxylic acids is 1. The second-order valence-corrected chi connectivity index (χ2v) is 9.56. The van der Waals surface area contributed by atoms with E-state index in [-0.39, 0.29) is 5.92 Å². The lowest BCUT2D eigenvalue weighted by Gasteiger charge is -2.39. The number of rotatable bonds is 4. The molecule has 1 aliphatic heterocycles. The summed E-state index contributed by atoms with van der Waals surface area (Å²) in [6.45, 7) is 7.54. The molecule has 0 amide bonds. The van der Waals surface area contributed by atoms with E-state index in [1.807, 2.05) is 0 Å². The molecule has 1 saturated heterocycles. The molecule has 4 rings (SSSR count). The molecule has 0 radical (unpaired) electrons. The number of morpholine rings is 1. The van der Waals surface area contributed by atoms with E-state index in [9.17, 15) is 4.79 Å². The predicted molar refractivity (Wildman–Crippen MR) is 114 cm³/mol. The van der Waals surface area contributed by atoms with Gasteiger partial charge in [0, 0.05) is 25.6 Å². The predicted octanol–water partition coefficient (Wildman–Crippen LogP) is 5.09. The highest BCUT2D eigenvalue weighted by atomic mass is 16.5. The van der Waals surface area contributed by atoms with Gasteiger partial charge in [0.05, 0.1) is 13.2 Å². The smallest absolute Gasteiger partial charge is 0.123 e. The topological polar surface area (TPSA) is 29.5 Å². The second kappa shape index (κ2) is 9.09. The summed E-state index contributed by atoms with van der Waals surface area (Å²) >= 11 is 0. The molecule has 0 spiro atoms. The zero-order valence-corrected chi connectivity index (χ0v) is 17.6. The fourth-order valence-electron chi connectivity index (χ4n) is 6.07. The molecular formula is C25H37NO2. The van der Waals surface area contributed by atoms with Crippen LogP contribution in [0.3, 0.4) is 0 Å². The van der Waals surface area contributed by atoms with Crippen LogP contribution >= 0.6 is 0 Å². The molecule has 3 saturated carbocycles. The highest BCUT2D eigenvalue weighted by molar-refractivity contribution is 5.54. The van der Waals surface area contributed by atoms with Crippen molar-refractivity contribution in [3.05, 3.63) is 34.9 Å². The van der Waals surface area contributed by atoms with Crippen LogP contribution in [0.25, 0.3) is 0 Å². The average Bonchev–Trinajstić information content (AvgIpc) is 3.08. The second-order valence-electron chi connectivity index (χ2n) is 9.56. The first-order valence-electron chi connectivity index (χ1n) is 11.5. The molecule has 154 valence electrons. The number of nitrogens with zero attached hydrogens (tertiary/aromatic N) is 1. The fraction of sp³-hybridized carbons (Fsp3) is 0.720. The summed E-state index contributed by atoms with van der Waals surface area (Å²) in [6.07, 6.45) is 19.5. The first-order chi connectivity index (χ1) is 13.7. The molecule has 0 aromatic carbocycles. The monoisotopic (exact) mass is 383 g/mol. The summed E-state index contributed by atoms with van der Waals surface area (Å²) in [5.41, 5.74) is 5.24. The summed E-state index contributed by atoms with van der Waals surface area (Å²) in [4.78, 5) is 13.7. The van der Waals surface area contributed by atoms with E-state index in [2.05, 4.69) is 30.1 Å². The van der Waals surface area contributed by atoms with E-state index in [0.717, 1.165) is 51.6 Å². The Hall–Kier alpha value is -1.19. The van der Waals surface area contributed by atoms with Crippen molar-refractivity contribution in [2.75, 3.05) is 32.8 Å². The molecule has 1 heterocycles. The standard InChI is InChI=1S/C25H37NO2/c1-25-12-3-6-22(8-7-20-4-2-5-21(18-20)19-27)24(25)10-9-23(25)11-13-26-14-16-28-17-15-26/h7-8,11,19,21,24H,2-6,9-10,12-18H2,1H3/b20-7-,22-8+,23-11+. The number of aldehydes is 1. The van der Waals surface area contributed by atoms with Crippen LogP contribution in [0, 0.1) is 17.3 Å². The SMILES string of the molecule is CC12CCC/C(=C\C=C3\CCCC(C=O)C3)C1CC/C2=C\CN1CCOCC1. The number of ether oxygens (including phenoxy) is 1. The van der Waals surface area contributed by atoms with Crippen molar-refractivity contribution in [2.24, 2.45) is 17.3 Å². The molecule has 0 aromatic heterocycles. The van der Waals surface area contributed by atoms with Crippen molar-refractivity contribution >= 4 is 6.29 Å². The van der Waals surface area contributed by atoms with Gasteiger partial charge in [-0.15, -0.1) is 0 Å². The van der Waals surface area contributed by atoms with E-state index in [1.165, 1.54) is 56.8 Å². The van der Waals surface area contributed by atoms with E-state index in [4.69, 9.17) is 4.74 Å². The lowest BCUT2D eigenvalue weighted by atomic mass is 9.65. The van der Waals surface area contributed by atoms with E-state index in [1.54, 1.807) is 11.1 Å². The summed E-state index contributed by atoms with van der Waals surface area (Å²) in [5.74, 6) is 0.982. The number of hydrogen-bond donors (Lipinski definition) is 0. The summed E-state index contributed by atoms with van der Waals surface area (Å²) in [7, 11) is 0. The Morgan fingerprint density at radius 2 is 1.96 bits per heavy atom. The van der Waals surface area contributed by atoms with Crippen LogP contribution in [0.15, 0.2) is 34.9 Å². The Balaban J connectivity index is 1.45. The molecule has 0 aromatic rings. The molecule has 4 aliphatic rings. The van der Waals surface area contributed by atoms with Crippen LogP contribution < -0.4 is 0 Å². The Labute approximate surface area is 170 Å². The quantitative estimate of drug-likeness (QED) is 0.500. The molecule has 3 nitrogen and oxygen atoms in total. The molecule has 0 N–H and O–H groups in total. The normalized spacial score (nSPS) is 38.8. The number of allylic oxidation sites excluding steroid dienone is 5. The van der Waals surface area contributed by atoms with E-state index < -0.39 is 0 Å². The molecule has 28 heavy (non-hydrogen) atoms. The van der Waals surface area contributed by atoms with E-state index >= 15 is 0 Å². The van der Waals surface area contributed by atoms with Crippen LogP contribution in [0.4, 0.5) is 0 Å². The van der Waals surface area contributed by atoms with Gasteiger partial charge in [0.25, 0.3) is 0 Å². The summed E-state index contributed by atoms with van der Waals surface area (Å²) in [5, 5.41) is 0. The Kier molecular flexibility index (Phi) is 6.52. The lowest BCUT2D eigenvalue weighted by Crippen LogP contribution is -2.36. The zero-order chi connectivity index (χ0) is 19.4. The van der Waals surface area contributed by atoms with Crippen molar-refractivity contribution in [3.63, 3.8) is 0 Å². The van der Waals surface area contributed by atoms with Gasteiger partial charge in [-0.25, -0.2) is 0 Å². The number of carbonyl (C=O) groups is 1. The minimum Gasteiger partial charge on any atom is -0.379 e. The Morgan fingerprint density at radius 3 is 2.79 bits per heavy atom. The van der Waals surface area contributed by atoms with Crippen molar-refractivity contribution in [1.29, 1.82) is 0 Å². The van der Waals surface area contributed by atoms with Gasteiger partial charge in [0.1, 0.15) is 6.29 Å². The van der Waals surface area contributed by atoms with Crippen LogP contribution in [-0.4, -0.2) is 44.0 Å². The summed E-state index contributed by atoms with van der Waals surface area (Å²) in [6, 6.07) is 0. The molecular weight excluding hydrogens is 346 g/mol. The van der Waals surface area contributed by atoms with Gasteiger partial charge in [-0.3, -0.25) is 4.90 Å². The third-order valence-corrected chi connectivity index (χ3v) is 7.84. The number of fused-ring (bicyclic) bond motifs is 1. The Morgan fingerprint density at radius 1 is 1.11 bits per heavy atom. The molecule has 3 aliphatic carbocycles. The van der Waals surface area contributed by atoms with E-state index in [0.29, 0.717) is 5.41 Å². The maximum Gasteiger partial charge on any atom is 0.123 e. The van der Waals surface area contributed by atoms with Gasteiger partial charge in [-0.05, 0) is 69.1 Å². The fourth-order valence-corrected chi connectivity index (χ4v) is 6.07. The highest BCUT2D eigenvalue weighted by Gasteiger charge is 2.45. The maximum atomic E-state index is 11.2. The molecule has 3 unspecified atom stereocenters. The van der Waals surface area contributed by atoms with Gasteiger partial charge in [-0.1, -0.05) is 41.9 Å². The Bertz CT molecular complexity index is 655. The van der Waals surface area contributed by atoms with Gasteiger partial charge in [-0.2, -0.15) is 0 Å². The molecule has 0 bridgehead atoms. The first kappa shape index (κ1) is 20.1. The highest BCUT2D eigenvalue weighted by Crippen LogP contribution is 2.57. The van der Waals surface area contributed by atoms with Crippen molar-refractivity contribution < 1.29 is 9.53 Å². The minimum atomic E-state index is 0.260. The molecule has 3 heteroatoms. The maximum absolute atomic E-state index is 11.2. The number of hydrogen-bond acceptors (Lipinski definition) is 3. The molecule has 4 fully saturated rings. The van der Waals surface area contributed by atoms with Gasteiger partial charge in [0.2, 0.25) is 0 Å². The van der Waals surface area contributed by atoms with Gasteiger partial charge >= 0.3 is 0 Å². The lowest BCUT2D eigenvalue weighted by molar-refractivity contribution is -0.111. The van der Waals surface area contributed by atoms with Gasteiger partial charge < -0.3 is 9.53 Å².